The molecule has 0 aliphatic carbocycles. The second-order valence-corrected chi connectivity index (χ2v) is 10.9. The van der Waals surface area contributed by atoms with Gasteiger partial charge in [0.05, 0.1) is 14.7 Å². The monoisotopic (exact) mass is 516 g/mol. The molecule has 0 radical (unpaired) electrons. The molecule has 0 heterocycles. The number of hydrogen-bond acceptors (Lipinski definition) is 7. The van der Waals surface area contributed by atoms with Gasteiger partial charge in [0.1, 0.15) is 6.29 Å². The molecule has 0 aliphatic rings. The van der Waals surface area contributed by atoms with Gasteiger partial charge in [-0.05, 0) is 17.7 Å². The number of halogens is 9. The highest BCUT2D eigenvalue weighted by Crippen LogP contribution is 2.42. The number of sulfone groups is 3. The van der Waals surface area contributed by atoms with Crippen LogP contribution in [-0.2, 0) is 40.7 Å². The first-order valence-corrected chi connectivity index (χ1v) is 11.0. The van der Waals surface area contributed by atoms with Gasteiger partial charge in [-0.1, -0.05) is 0 Å². The minimum absolute atomic E-state index is 0.544. The minimum atomic E-state index is -6.91. The van der Waals surface area contributed by atoms with Crippen LogP contribution in [0.4, 0.5) is 39.5 Å². The van der Waals surface area contributed by atoms with Crippen molar-refractivity contribution in [3.05, 3.63) is 17.7 Å². The van der Waals surface area contributed by atoms with Crippen LogP contribution in [0.15, 0.2) is 26.8 Å². The Bertz CT molecular complexity index is 1110. The van der Waals surface area contributed by atoms with E-state index in [1.165, 1.54) is 0 Å². The third kappa shape index (κ3) is 4.27. The van der Waals surface area contributed by atoms with Gasteiger partial charge in [0, 0.05) is 6.42 Å². The second-order valence-electron chi connectivity index (χ2n) is 5.12. The molecule has 0 saturated heterocycles. The summed E-state index contributed by atoms with van der Waals surface area (Å²) in [5.74, 6) is 0. The summed E-state index contributed by atoms with van der Waals surface area (Å²) in [5, 5.41) is 0. The zero-order valence-corrected chi connectivity index (χ0v) is 15.9. The van der Waals surface area contributed by atoms with Crippen LogP contribution in [0, 0.1) is 0 Å². The maximum absolute atomic E-state index is 12.8. The summed E-state index contributed by atoms with van der Waals surface area (Å²) in [6.07, 6.45) is -2.31. The number of carbonyl (C=O) groups is 1. The van der Waals surface area contributed by atoms with Crippen molar-refractivity contribution in [2.45, 2.75) is 37.6 Å². The zero-order chi connectivity index (χ0) is 24.1. The first-order chi connectivity index (χ1) is 13.0. The third-order valence-electron chi connectivity index (χ3n) is 3.23. The van der Waals surface area contributed by atoms with Crippen molar-refractivity contribution in [2.24, 2.45) is 0 Å². The smallest absolute Gasteiger partial charge is 0.303 e. The van der Waals surface area contributed by atoms with Gasteiger partial charge in [0.25, 0.3) is 29.5 Å². The Morgan fingerprint density at radius 3 is 1.17 bits per heavy atom. The molecule has 0 aliphatic heterocycles. The van der Waals surface area contributed by atoms with Gasteiger partial charge in [-0.15, -0.1) is 0 Å². The zero-order valence-electron chi connectivity index (χ0n) is 13.4. The quantitative estimate of drug-likeness (QED) is 0.435. The van der Waals surface area contributed by atoms with Gasteiger partial charge >= 0.3 is 16.5 Å². The number of benzene rings is 1. The average molecular weight is 516 g/mol. The van der Waals surface area contributed by atoms with E-state index in [0.29, 0.717) is 0 Å². The van der Waals surface area contributed by atoms with Crippen molar-refractivity contribution in [3.8, 4) is 0 Å². The van der Waals surface area contributed by atoms with Gasteiger partial charge in [-0.25, -0.2) is 25.3 Å². The molecule has 1 aromatic carbocycles. The van der Waals surface area contributed by atoms with E-state index in [1.807, 2.05) is 0 Å². The summed E-state index contributed by atoms with van der Waals surface area (Å²) >= 11 is 0. The fraction of sp³-hybridized carbons (Fsp3) is 0.364. The van der Waals surface area contributed by atoms with Gasteiger partial charge in [-0.2, -0.15) is 39.5 Å². The van der Waals surface area contributed by atoms with Crippen molar-refractivity contribution >= 4 is 35.8 Å². The van der Waals surface area contributed by atoms with Crippen LogP contribution in [0.5, 0.6) is 0 Å². The fourth-order valence-electron chi connectivity index (χ4n) is 1.90. The molecule has 0 spiro atoms. The molecule has 0 atom stereocenters. The van der Waals surface area contributed by atoms with Gasteiger partial charge in [0.15, 0.2) is 0 Å². The molecule has 1 aromatic rings. The molecule has 0 aromatic heterocycles. The number of hydrogen-bond donors (Lipinski definition) is 0. The molecule has 0 bridgehead atoms. The number of rotatable bonds is 5. The first kappa shape index (κ1) is 26.1. The second kappa shape index (κ2) is 7.36. The molecule has 30 heavy (non-hydrogen) atoms. The van der Waals surface area contributed by atoms with Gasteiger partial charge < -0.3 is 4.79 Å². The van der Waals surface area contributed by atoms with Crippen molar-refractivity contribution < 1.29 is 69.6 Å². The minimum Gasteiger partial charge on any atom is -0.303 e. The lowest BCUT2D eigenvalue weighted by Gasteiger charge is -2.19. The van der Waals surface area contributed by atoms with Crippen LogP contribution in [0.25, 0.3) is 0 Å². The van der Waals surface area contributed by atoms with Crippen molar-refractivity contribution in [3.63, 3.8) is 0 Å². The normalized spacial score (nSPS) is 14.6. The molecular weight excluding hydrogens is 511 g/mol. The first-order valence-electron chi connectivity index (χ1n) is 6.58. The summed E-state index contributed by atoms with van der Waals surface area (Å²) in [6, 6.07) is -1.64. The van der Waals surface area contributed by atoms with Gasteiger partial charge in [0.2, 0.25) is 0 Å². The van der Waals surface area contributed by atoms with Crippen LogP contribution >= 0.6 is 0 Å². The number of alkyl halides is 9. The Hall–Kier alpha value is -1.89. The van der Waals surface area contributed by atoms with Crippen LogP contribution < -0.4 is 0 Å². The van der Waals surface area contributed by atoms with E-state index >= 15 is 0 Å². The highest BCUT2D eigenvalue weighted by Gasteiger charge is 2.54. The Labute approximate surface area is 161 Å². The van der Waals surface area contributed by atoms with Crippen LogP contribution in [0.3, 0.4) is 0 Å². The third-order valence-corrected chi connectivity index (χ3v) is 7.80. The lowest BCUT2D eigenvalue weighted by atomic mass is 10.2. The van der Waals surface area contributed by atoms with E-state index in [0.717, 1.165) is 0 Å². The lowest BCUT2D eigenvalue weighted by molar-refractivity contribution is -0.107. The Morgan fingerprint density at radius 2 is 0.933 bits per heavy atom. The molecule has 0 fully saturated rings. The van der Waals surface area contributed by atoms with Crippen LogP contribution in [-0.4, -0.2) is 48.1 Å². The summed E-state index contributed by atoms with van der Waals surface area (Å²) in [6.45, 7) is 0. The van der Waals surface area contributed by atoms with E-state index in [2.05, 4.69) is 0 Å². The molecule has 172 valence electrons. The highest BCUT2D eigenvalue weighted by molar-refractivity contribution is 7.94. The topological polar surface area (TPSA) is 119 Å². The molecule has 1 rings (SSSR count). The predicted octanol–water partition coefficient (Wildman–Crippen LogP) is 2.31. The van der Waals surface area contributed by atoms with E-state index in [-0.39, 0.29) is 0 Å². The van der Waals surface area contributed by atoms with E-state index < -0.39 is 91.1 Å². The largest absolute Gasteiger partial charge is 0.501 e. The molecule has 0 N–H and O–H groups in total. The Kier molecular flexibility index (Phi) is 6.41. The highest BCUT2D eigenvalue weighted by atomic mass is 32.2. The lowest BCUT2D eigenvalue weighted by Crippen LogP contribution is -2.30. The Balaban J connectivity index is 4.40. The molecular formula is C11H5F9O7S3. The number of aldehydes is 1. The van der Waals surface area contributed by atoms with Crippen LogP contribution in [0.2, 0.25) is 0 Å². The van der Waals surface area contributed by atoms with E-state index in [1.54, 1.807) is 0 Å². The average Bonchev–Trinajstić information content (AvgIpc) is 2.51. The van der Waals surface area contributed by atoms with Gasteiger partial charge in [-0.3, -0.25) is 0 Å². The van der Waals surface area contributed by atoms with Crippen LogP contribution in [0.1, 0.15) is 5.56 Å². The number of carbonyl (C=O) groups excluding carboxylic acids is 1. The molecule has 0 unspecified atom stereocenters. The van der Waals surface area contributed by atoms with Crippen molar-refractivity contribution in [1.82, 2.24) is 0 Å². The standard InChI is InChI=1S/C11H5F9O7S3/c12-9(13,14)28(22,23)5-3-7(29(24,25)10(15,16)17)6(1-2-21)8(4-5)30(26,27)11(18,19)20/h2-4H,1H2. The van der Waals surface area contributed by atoms with Crippen molar-refractivity contribution in [1.29, 1.82) is 0 Å². The molecule has 0 amide bonds. The maximum atomic E-state index is 12.8. The SMILES string of the molecule is O=CCc1c(S(=O)(=O)C(F)(F)F)cc(S(=O)(=O)C(F)(F)F)cc1S(=O)(=O)C(F)(F)F. The van der Waals surface area contributed by atoms with E-state index in [4.69, 9.17) is 0 Å². The van der Waals surface area contributed by atoms with Crippen molar-refractivity contribution in [2.75, 3.05) is 0 Å². The Morgan fingerprint density at radius 1 is 0.633 bits per heavy atom. The van der Waals surface area contributed by atoms with E-state index in [9.17, 15) is 69.6 Å². The summed E-state index contributed by atoms with van der Waals surface area (Å²) < 4.78 is 185. The molecule has 0 saturated carbocycles. The molecule has 7 nitrogen and oxygen atoms in total. The summed E-state index contributed by atoms with van der Waals surface area (Å²) in [4.78, 5) is 2.94. The fourth-order valence-corrected chi connectivity index (χ4v) is 5.02. The summed E-state index contributed by atoms with van der Waals surface area (Å²) in [7, 11) is -20.6. The summed E-state index contributed by atoms with van der Waals surface area (Å²) in [5.41, 5.74) is -21.2. The predicted molar refractivity (Wildman–Crippen MR) is 75.9 cm³/mol. The maximum Gasteiger partial charge on any atom is 0.501 e. The molecule has 19 heteroatoms.